The summed E-state index contributed by atoms with van der Waals surface area (Å²) >= 11 is 0. The molecule has 0 radical (unpaired) electrons. The van der Waals surface area contributed by atoms with Crippen molar-refractivity contribution in [3.8, 4) is 0 Å². The average molecular weight is 540 g/mol. The lowest BCUT2D eigenvalue weighted by Gasteiger charge is -2.62. The molecule has 4 rings (SSSR count). The van der Waals surface area contributed by atoms with E-state index in [2.05, 4.69) is 25.7 Å². The summed E-state index contributed by atoms with van der Waals surface area (Å²) in [5.74, 6) is -1.97. The fourth-order valence-electron chi connectivity index (χ4n) is 7.89. The van der Waals surface area contributed by atoms with Gasteiger partial charge in [0.15, 0.2) is 6.61 Å². The number of hydrogen-bond acceptors (Lipinski definition) is 7. The maximum atomic E-state index is 13.4. The van der Waals surface area contributed by atoms with Crippen molar-refractivity contribution in [2.24, 2.45) is 34.0 Å². The molecule has 0 heterocycles. The van der Waals surface area contributed by atoms with Crippen LogP contribution in [-0.4, -0.2) is 54.1 Å². The van der Waals surface area contributed by atoms with Gasteiger partial charge < -0.3 is 19.9 Å². The first-order chi connectivity index (χ1) is 18.4. The van der Waals surface area contributed by atoms with Crippen molar-refractivity contribution >= 4 is 23.6 Å². The van der Waals surface area contributed by atoms with Gasteiger partial charge in [0.25, 0.3) is 5.91 Å². The molecule has 0 aliphatic heterocycles. The Kier molecular flexibility index (Phi) is 8.08. The van der Waals surface area contributed by atoms with Crippen molar-refractivity contribution in [3.05, 3.63) is 48.6 Å². The third kappa shape index (κ3) is 5.04. The van der Waals surface area contributed by atoms with Gasteiger partial charge in [-0.3, -0.25) is 14.4 Å². The van der Waals surface area contributed by atoms with Crippen molar-refractivity contribution in [2.75, 3.05) is 13.2 Å². The van der Waals surface area contributed by atoms with Gasteiger partial charge in [-0.1, -0.05) is 52.0 Å². The Morgan fingerprint density at radius 1 is 1.13 bits per heavy atom. The number of ether oxygens (including phenoxy) is 2. The van der Waals surface area contributed by atoms with E-state index in [1.165, 1.54) is 0 Å². The minimum absolute atomic E-state index is 0.129. The van der Waals surface area contributed by atoms with E-state index in [0.29, 0.717) is 31.2 Å². The molecule has 2 N–H and O–H groups in total. The van der Waals surface area contributed by atoms with Crippen LogP contribution in [0.25, 0.3) is 0 Å². The van der Waals surface area contributed by atoms with Crippen LogP contribution in [0, 0.1) is 34.0 Å². The second kappa shape index (κ2) is 10.9. The Morgan fingerprint density at radius 3 is 2.49 bits per heavy atom. The van der Waals surface area contributed by atoms with E-state index in [4.69, 9.17) is 9.47 Å². The number of ketones is 1. The van der Waals surface area contributed by atoms with E-state index < -0.39 is 54.0 Å². The van der Waals surface area contributed by atoms with Crippen LogP contribution < -0.4 is 5.32 Å². The first kappa shape index (κ1) is 29.0. The number of rotatable bonds is 7. The van der Waals surface area contributed by atoms with Crippen LogP contribution in [0.5, 0.6) is 0 Å². The highest BCUT2D eigenvalue weighted by Crippen LogP contribution is 2.68. The SMILES string of the molecule is C=C[C@]1(C)C[C@@H](OC(=O)COC(=O)CNC(=O)c2ccccc2)[C@]2(C)CC[C@H](C)[C@@]3(CCC(=O)[C@@H]23)[C@@H](C)[C@@H]1O. The quantitative estimate of drug-likeness (QED) is 0.399. The van der Waals surface area contributed by atoms with Crippen LogP contribution in [0.3, 0.4) is 0 Å². The average Bonchev–Trinajstić information content (AvgIpc) is 3.30. The number of benzene rings is 1. The van der Waals surface area contributed by atoms with E-state index >= 15 is 0 Å². The summed E-state index contributed by atoms with van der Waals surface area (Å²) in [6.07, 6.45) is 3.36. The molecule has 3 saturated carbocycles. The second-order valence-electron chi connectivity index (χ2n) is 12.3. The van der Waals surface area contributed by atoms with Gasteiger partial charge in [0.05, 0.1) is 6.10 Å². The molecular formula is C31H41NO7. The lowest BCUT2D eigenvalue weighted by molar-refractivity contribution is -0.207. The van der Waals surface area contributed by atoms with Gasteiger partial charge in [0, 0.05) is 28.7 Å². The zero-order chi connectivity index (χ0) is 28.6. The summed E-state index contributed by atoms with van der Waals surface area (Å²) in [6.45, 7) is 11.2. The van der Waals surface area contributed by atoms with Crippen molar-refractivity contribution in [1.29, 1.82) is 0 Å². The summed E-state index contributed by atoms with van der Waals surface area (Å²) in [5, 5.41) is 14.1. The molecule has 8 atom stereocenters. The molecule has 3 fully saturated rings. The fraction of sp³-hybridized carbons (Fsp3) is 0.613. The third-order valence-corrected chi connectivity index (χ3v) is 10.2. The van der Waals surface area contributed by atoms with Gasteiger partial charge >= 0.3 is 11.9 Å². The van der Waals surface area contributed by atoms with Crippen LogP contribution in [0.4, 0.5) is 0 Å². The van der Waals surface area contributed by atoms with Gasteiger partial charge in [-0.15, -0.1) is 6.58 Å². The number of esters is 2. The van der Waals surface area contributed by atoms with Crippen LogP contribution in [0.15, 0.2) is 43.0 Å². The lowest BCUT2D eigenvalue weighted by Crippen LogP contribution is -2.63. The van der Waals surface area contributed by atoms with Gasteiger partial charge in [-0.05, 0) is 55.1 Å². The summed E-state index contributed by atoms with van der Waals surface area (Å²) in [6, 6.07) is 8.46. The fourth-order valence-corrected chi connectivity index (χ4v) is 7.89. The zero-order valence-electron chi connectivity index (χ0n) is 23.4. The Hall–Kier alpha value is -3.00. The molecule has 1 amide bonds. The summed E-state index contributed by atoms with van der Waals surface area (Å²) < 4.78 is 11.1. The molecule has 1 aromatic rings. The van der Waals surface area contributed by atoms with Crippen LogP contribution in [0.1, 0.15) is 70.2 Å². The Morgan fingerprint density at radius 2 is 1.82 bits per heavy atom. The molecule has 3 aliphatic carbocycles. The number of carbonyl (C=O) groups is 4. The standard InChI is InChI=1S/C31H41NO7/c1-6-29(4)16-23(39-25(35)18-38-24(34)17-32-28(37)21-10-8-7-9-11-21)30(5)14-12-19(2)31(20(3)27(29)36)15-13-22(33)26(30)31/h6-11,19-20,23,26-27,36H,1,12-18H2,2-5H3,(H,32,37)/t19-,20-,23+,26-,27-,29+,30-,31-/m0/s1. The van der Waals surface area contributed by atoms with Crippen LogP contribution in [0.2, 0.25) is 0 Å². The summed E-state index contributed by atoms with van der Waals surface area (Å²) in [7, 11) is 0. The predicted molar refractivity (Wildman–Crippen MR) is 144 cm³/mol. The number of hydrogen-bond donors (Lipinski definition) is 2. The second-order valence-corrected chi connectivity index (χ2v) is 12.3. The molecule has 212 valence electrons. The molecule has 0 spiro atoms. The number of nitrogens with one attached hydrogen (secondary N) is 1. The molecule has 0 saturated heterocycles. The monoisotopic (exact) mass is 539 g/mol. The first-order valence-electron chi connectivity index (χ1n) is 13.9. The smallest absolute Gasteiger partial charge is 0.344 e. The zero-order valence-corrected chi connectivity index (χ0v) is 23.4. The Balaban J connectivity index is 1.49. The van der Waals surface area contributed by atoms with Crippen molar-refractivity contribution in [1.82, 2.24) is 5.32 Å². The van der Waals surface area contributed by atoms with Crippen LogP contribution >= 0.6 is 0 Å². The third-order valence-electron chi connectivity index (χ3n) is 10.2. The number of Topliss-reactive ketones (excluding diaryl/α,β-unsaturated/α-hetero) is 1. The molecule has 8 nitrogen and oxygen atoms in total. The first-order valence-corrected chi connectivity index (χ1v) is 13.9. The van der Waals surface area contributed by atoms with E-state index in [0.717, 1.165) is 6.42 Å². The largest absolute Gasteiger partial charge is 0.459 e. The molecule has 3 aliphatic rings. The highest BCUT2D eigenvalue weighted by atomic mass is 16.6. The minimum Gasteiger partial charge on any atom is -0.459 e. The minimum atomic E-state index is -0.767. The molecule has 0 aromatic heterocycles. The van der Waals surface area contributed by atoms with Gasteiger partial charge in [0.2, 0.25) is 0 Å². The summed E-state index contributed by atoms with van der Waals surface area (Å²) in [4.78, 5) is 50.8. The lowest BCUT2D eigenvalue weighted by atomic mass is 9.43. The Labute approximate surface area is 230 Å². The number of carbonyl (C=O) groups excluding carboxylic acids is 4. The Bertz CT molecular complexity index is 1140. The topological polar surface area (TPSA) is 119 Å². The molecule has 39 heavy (non-hydrogen) atoms. The number of amides is 1. The molecule has 2 bridgehead atoms. The van der Waals surface area contributed by atoms with Crippen LogP contribution in [-0.2, 0) is 23.9 Å². The highest BCUT2D eigenvalue weighted by molar-refractivity contribution is 5.96. The maximum absolute atomic E-state index is 13.4. The number of aliphatic hydroxyl groups is 1. The maximum Gasteiger partial charge on any atom is 0.344 e. The van der Waals surface area contributed by atoms with E-state index in [-0.39, 0.29) is 29.0 Å². The molecule has 1 aromatic carbocycles. The summed E-state index contributed by atoms with van der Waals surface area (Å²) in [5.41, 5.74) is -1.35. The number of aliphatic hydroxyl groups excluding tert-OH is 1. The van der Waals surface area contributed by atoms with Crippen molar-refractivity contribution < 1.29 is 33.8 Å². The highest BCUT2D eigenvalue weighted by Gasteiger charge is 2.68. The van der Waals surface area contributed by atoms with Gasteiger partial charge in [-0.25, -0.2) is 4.79 Å². The van der Waals surface area contributed by atoms with Gasteiger partial charge in [-0.2, -0.15) is 0 Å². The van der Waals surface area contributed by atoms with E-state index in [1.807, 2.05) is 13.8 Å². The molecular weight excluding hydrogens is 498 g/mol. The van der Waals surface area contributed by atoms with Crippen molar-refractivity contribution in [3.63, 3.8) is 0 Å². The molecule has 8 heteroatoms. The van der Waals surface area contributed by atoms with Crippen molar-refractivity contribution in [2.45, 2.75) is 72.0 Å². The van der Waals surface area contributed by atoms with E-state index in [1.54, 1.807) is 36.4 Å². The van der Waals surface area contributed by atoms with E-state index in [9.17, 15) is 24.3 Å². The van der Waals surface area contributed by atoms with Gasteiger partial charge in [0.1, 0.15) is 18.4 Å². The molecule has 0 unspecified atom stereocenters. The normalized spacial score (nSPS) is 37.6. The predicted octanol–water partition coefficient (Wildman–Crippen LogP) is 3.87.